The average molecular weight is 368 g/mol. The molecule has 0 saturated heterocycles. The highest BCUT2D eigenvalue weighted by molar-refractivity contribution is 6.43. The number of hydrogen-bond acceptors (Lipinski definition) is 3. The maximum atomic E-state index is 11.6. The molecule has 0 unspecified atom stereocenters. The third-order valence-corrected chi connectivity index (χ3v) is 4.03. The van der Waals surface area contributed by atoms with Gasteiger partial charge in [-0.1, -0.05) is 67.9 Å². The molecule has 0 amide bonds. The lowest BCUT2D eigenvalue weighted by molar-refractivity contribution is -0.146. The van der Waals surface area contributed by atoms with E-state index in [4.69, 9.17) is 44.3 Å². The highest BCUT2D eigenvalue weighted by atomic mass is 35.5. The smallest absolute Gasteiger partial charge is 0.344 e. The van der Waals surface area contributed by atoms with Gasteiger partial charge in [0.25, 0.3) is 0 Å². The SMILES string of the molecule is CC(C)CCCCCOC(=O)COc1cc(Cl)c(Cl)cc1Cl. The molecule has 0 aliphatic heterocycles. The van der Waals surface area contributed by atoms with E-state index in [-0.39, 0.29) is 6.61 Å². The van der Waals surface area contributed by atoms with Crippen molar-refractivity contribution < 1.29 is 14.3 Å². The van der Waals surface area contributed by atoms with E-state index in [0.29, 0.717) is 33.3 Å². The molecule has 1 aromatic carbocycles. The van der Waals surface area contributed by atoms with Crippen molar-refractivity contribution >= 4 is 40.8 Å². The van der Waals surface area contributed by atoms with Gasteiger partial charge >= 0.3 is 5.97 Å². The quantitative estimate of drug-likeness (QED) is 0.315. The molecule has 0 saturated carbocycles. The standard InChI is InChI=1S/C16H21Cl3O3/c1-11(2)6-4-3-5-7-21-16(20)10-22-15-9-13(18)12(17)8-14(15)19/h8-9,11H,3-7,10H2,1-2H3. The second-order valence-electron chi connectivity index (χ2n) is 5.45. The van der Waals surface area contributed by atoms with E-state index in [2.05, 4.69) is 13.8 Å². The fraction of sp³-hybridized carbons (Fsp3) is 0.562. The average Bonchev–Trinajstić information content (AvgIpc) is 2.44. The summed E-state index contributed by atoms with van der Waals surface area (Å²) in [5.74, 6) is 0.600. The molecule has 0 aliphatic carbocycles. The molecule has 22 heavy (non-hydrogen) atoms. The van der Waals surface area contributed by atoms with Crippen LogP contribution >= 0.6 is 34.8 Å². The van der Waals surface area contributed by atoms with E-state index in [1.54, 1.807) is 0 Å². The van der Waals surface area contributed by atoms with Crippen molar-refractivity contribution in [3.63, 3.8) is 0 Å². The van der Waals surface area contributed by atoms with Crippen LogP contribution < -0.4 is 4.74 Å². The molecule has 6 heteroatoms. The summed E-state index contributed by atoms with van der Waals surface area (Å²) < 4.78 is 10.4. The molecule has 0 spiro atoms. The first kappa shape index (κ1) is 19.4. The Labute approximate surface area is 146 Å². The zero-order chi connectivity index (χ0) is 16.5. The third kappa shape index (κ3) is 7.57. The van der Waals surface area contributed by atoms with Crippen LogP contribution in [0.15, 0.2) is 12.1 Å². The minimum atomic E-state index is -0.425. The van der Waals surface area contributed by atoms with Gasteiger partial charge in [0, 0.05) is 6.07 Å². The van der Waals surface area contributed by atoms with Gasteiger partial charge in [-0.25, -0.2) is 4.79 Å². The van der Waals surface area contributed by atoms with E-state index < -0.39 is 5.97 Å². The van der Waals surface area contributed by atoms with Crippen molar-refractivity contribution in [3.8, 4) is 5.75 Å². The second kappa shape index (κ2) is 10.2. The first-order chi connectivity index (χ1) is 10.4. The molecule has 0 radical (unpaired) electrons. The zero-order valence-electron chi connectivity index (χ0n) is 12.8. The molecule has 0 N–H and O–H groups in total. The summed E-state index contributed by atoms with van der Waals surface area (Å²) >= 11 is 17.6. The van der Waals surface area contributed by atoms with Crippen LogP contribution in [0.5, 0.6) is 5.75 Å². The summed E-state index contributed by atoms with van der Waals surface area (Å²) in [6.07, 6.45) is 4.29. The first-order valence-corrected chi connectivity index (χ1v) is 8.46. The number of rotatable bonds is 9. The molecule has 1 rings (SSSR count). The molecule has 0 aromatic heterocycles. The van der Waals surface area contributed by atoms with Crippen molar-refractivity contribution in [2.24, 2.45) is 5.92 Å². The van der Waals surface area contributed by atoms with Gasteiger partial charge in [-0.05, 0) is 18.4 Å². The second-order valence-corrected chi connectivity index (χ2v) is 6.67. The Hall–Kier alpha value is -0.640. The fourth-order valence-corrected chi connectivity index (χ4v) is 2.40. The van der Waals surface area contributed by atoms with Crippen LogP contribution in [-0.2, 0) is 9.53 Å². The predicted octanol–water partition coefficient (Wildman–Crippen LogP) is 5.79. The van der Waals surface area contributed by atoms with Gasteiger partial charge in [-0.15, -0.1) is 0 Å². The molecule has 0 fully saturated rings. The van der Waals surface area contributed by atoms with Crippen LogP contribution in [0, 0.1) is 5.92 Å². The monoisotopic (exact) mass is 366 g/mol. The number of benzene rings is 1. The Morgan fingerprint density at radius 1 is 1.05 bits per heavy atom. The molecule has 0 aliphatic rings. The molecule has 0 heterocycles. The first-order valence-electron chi connectivity index (χ1n) is 7.33. The summed E-state index contributed by atoms with van der Waals surface area (Å²) in [5, 5.41) is 0.957. The van der Waals surface area contributed by atoms with Gasteiger partial charge in [-0.3, -0.25) is 0 Å². The van der Waals surface area contributed by atoms with Crippen LogP contribution in [0.2, 0.25) is 15.1 Å². The number of halogens is 3. The Balaban J connectivity index is 2.22. The maximum absolute atomic E-state index is 11.6. The summed E-state index contributed by atoms with van der Waals surface area (Å²) in [7, 11) is 0. The zero-order valence-corrected chi connectivity index (χ0v) is 15.1. The number of ether oxygens (including phenoxy) is 2. The largest absolute Gasteiger partial charge is 0.480 e. The molecule has 0 bridgehead atoms. The van der Waals surface area contributed by atoms with Crippen LogP contribution in [0.25, 0.3) is 0 Å². The number of hydrogen-bond donors (Lipinski definition) is 0. The van der Waals surface area contributed by atoms with Crippen molar-refractivity contribution in [1.29, 1.82) is 0 Å². The van der Waals surface area contributed by atoms with Crippen molar-refractivity contribution in [2.75, 3.05) is 13.2 Å². The molecule has 124 valence electrons. The van der Waals surface area contributed by atoms with Crippen molar-refractivity contribution in [1.82, 2.24) is 0 Å². The highest BCUT2D eigenvalue weighted by Gasteiger charge is 2.10. The van der Waals surface area contributed by atoms with Gasteiger partial charge in [0.05, 0.1) is 21.7 Å². The topological polar surface area (TPSA) is 35.5 Å². The van der Waals surface area contributed by atoms with E-state index in [9.17, 15) is 4.79 Å². The summed E-state index contributed by atoms with van der Waals surface area (Å²) in [6, 6.07) is 2.95. The van der Waals surface area contributed by atoms with Crippen LogP contribution in [0.4, 0.5) is 0 Å². The molecular weight excluding hydrogens is 347 g/mol. The molecule has 3 nitrogen and oxygen atoms in total. The Kier molecular flexibility index (Phi) is 8.99. The number of unbranched alkanes of at least 4 members (excludes halogenated alkanes) is 2. The van der Waals surface area contributed by atoms with Gasteiger partial charge in [0.1, 0.15) is 5.75 Å². The summed E-state index contributed by atoms with van der Waals surface area (Å²) in [4.78, 5) is 11.6. The number of carbonyl (C=O) groups is 1. The highest BCUT2D eigenvalue weighted by Crippen LogP contribution is 2.33. The Bertz CT molecular complexity index is 490. The predicted molar refractivity (Wildman–Crippen MR) is 91.2 cm³/mol. The van der Waals surface area contributed by atoms with Crippen LogP contribution in [0.1, 0.15) is 39.5 Å². The number of esters is 1. The summed E-state index contributed by atoms with van der Waals surface area (Å²) in [6.45, 7) is 4.61. The van der Waals surface area contributed by atoms with Gasteiger partial charge < -0.3 is 9.47 Å². The molecular formula is C16H21Cl3O3. The molecule has 0 atom stereocenters. The van der Waals surface area contributed by atoms with Crippen molar-refractivity contribution in [3.05, 3.63) is 27.2 Å². The van der Waals surface area contributed by atoms with Gasteiger partial charge in [0.15, 0.2) is 6.61 Å². The number of carbonyl (C=O) groups excluding carboxylic acids is 1. The third-order valence-electron chi connectivity index (χ3n) is 3.01. The summed E-state index contributed by atoms with van der Waals surface area (Å²) in [5.41, 5.74) is 0. The Morgan fingerprint density at radius 3 is 2.41 bits per heavy atom. The fourth-order valence-electron chi connectivity index (χ4n) is 1.81. The van der Waals surface area contributed by atoms with E-state index in [1.807, 2.05) is 0 Å². The normalized spacial score (nSPS) is 10.8. The van der Waals surface area contributed by atoms with Crippen molar-refractivity contribution in [2.45, 2.75) is 39.5 Å². The lowest BCUT2D eigenvalue weighted by Gasteiger charge is -2.09. The van der Waals surface area contributed by atoms with Crippen LogP contribution in [-0.4, -0.2) is 19.2 Å². The van der Waals surface area contributed by atoms with Crippen LogP contribution in [0.3, 0.4) is 0 Å². The van der Waals surface area contributed by atoms with E-state index in [0.717, 1.165) is 19.3 Å². The Morgan fingerprint density at radius 2 is 1.73 bits per heavy atom. The lowest BCUT2D eigenvalue weighted by atomic mass is 10.1. The minimum Gasteiger partial charge on any atom is -0.480 e. The minimum absolute atomic E-state index is 0.205. The van der Waals surface area contributed by atoms with E-state index >= 15 is 0 Å². The van der Waals surface area contributed by atoms with Gasteiger partial charge in [-0.2, -0.15) is 0 Å². The van der Waals surface area contributed by atoms with E-state index in [1.165, 1.54) is 18.6 Å². The maximum Gasteiger partial charge on any atom is 0.344 e. The molecule has 1 aromatic rings. The lowest BCUT2D eigenvalue weighted by Crippen LogP contribution is -2.15. The van der Waals surface area contributed by atoms with Gasteiger partial charge in [0.2, 0.25) is 0 Å².